The summed E-state index contributed by atoms with van der Waals surface area (Å²) in [6.07, 6.45) is 8.19. The predicted octanol–water partition coefficient (Wildman–Crippen LogP) is 5.79. The Hall–Kier alpha value is -1.39. The summed E-state index contributed by atoms with van der Waals surface area (Å²) < 4.78 is 3.52. The van der Waals surface area contributed by atoms with Crippen LogP contribution in [0.5, 0.6) is 0 Å². The lowest BCUT2D eigenvalue weighted by molar-refractivity contribution is 1.04. The van der Waals surface area contributed by atoms with Crippen LogP contribution >= 0.6 is 33.6 Å². The maximum Gasteiger partial charge on any atom is 0.0519 e. The van der Waals surface area contributed by atoms with Gasteiger partial charge in [-0.05, 0) is 41.7 Å². The molecule has 1 aliphatic heterocycles. The van der Waals surface area contributed by atoms with Crippen molar-refractivity contribution in [2.24, 2.45) is 5.14 Å². The van der Waals surface area contributed by atoms with Gasteiger partial charge >= 0.3 is 0 Å². The highest BCUT2D eigenvalue weighted by atomic mass is 35.5. The fourth-order valence-corrected chi connectivity index (χ4v) is 5.73. The zero-order chi connectivity index (χ0) is 16.2. The number of rotatable bonds is 1. The number of anilines is 1. The van der Waals surface area contributed by atoms with E-state index in [9.17, 15) is 0 Å². The average Bonchev–Trinajstić information content (AvgIpc) is 2.94. The second-order valence-corrected chi connectivity index (χ2v) is 9.38. The van der Waals surface area contributed by atoms with Crippen molar-refractivity contribution >= 4 is 39.3 Å². The first kappa shape index (κ1) is 15.2. The van der Waals surface area contributed by atoms with Crippen molar-refractivity contribution < 1.29 is 0 Å². The molecule has 1 heterocycles. The fraction of sp³-hybridized carbons (Fsp3) is 0.111. The minimum absolute atomic E-state index is 0.162. The van der Waals surface area contributed by atoms with Gasteiger partial charge in [-0.1, -0.05) is 64.0 Å². The van der Waals surface area contributed by atoms with Crippen molar-refractivity contribution in [2.45, 2.75) is 10.8 Å². The predicted molar refractivity (Wildman–Crippen MR) is 102 cm³/mol. The van der Waals surface area contributed by atoms with Gasteiger partial charge in [0, 0.05) is 26.4 Å². The average molecular weight is 363 g/mol. The van der Waals surface area contributed by atoms with Crippen LogP contribution in [-0.4, -0.2) is 6.26 Å². The van der Waals surface area contributed by atoms with Crippen LogP contribution in [0.2, 0.25) is 5.02 Å². The monoisotopic (exact) mass is 362 g/mol. The largest absolute Gasteiger partial charge is 0.332 e. The molecule has 0 fully saturated rings. The molecule has 1 aliphatic carbocycles. The SMILES string of the molecule is CS1(N)Nc2ccc(Cl)cc2-c2cccc(C3C=CC(Cl)=C3)c21. The van der Waals surface area contributed by atoms with E-state index >= 15 is 0 Å². The zero-order valence-electron chi connectivity index (χ0n) is 12.5. The Bertz CT molecular complexity index is 871. The van der Waals surface area contributed by atoms with E-state index in [0.717, 1.165) is 26.9 Å². The highest BCUT2D eigenvalue weighted by Gasteiger charge is 2.31. The van der Waals surface area contributed by atoms with E-state index in [0.29, 0.717) is 0 Å². The Balaban J connectivity index is 1.99. The van der Waals surface area contributed by atoms with Gasteiger partial charge in [0.05, 0.1) is 5.69 Å². The van der Waals surface area contributed by atoms with Crippen molar-refractivity contribution in [3.63, 3.8) is 0 Å². The molecular formula is C18H16Cl2N2S. The second-order valence-electron chi connectivity index (χ2n) is 5.93. The first-order valence-electron chi connectivity index (χ1n) is 7.28. The van der Waals surface area contributed by atoms with Gasteiger partial charge in [0.1, 0.15) is 0 Å². The van der Waals surface area contributed by atoms with Crippen molar-refractivity contribution in [1.29, 1.82) is 0 Å². The number of nitrogens with one attached hydrogen (secondary N) is 1. The van der Waals surface area contributed by atoms with Crippen LogP contribution < -0.4 is 9.86 Å². The molecule has 3 N–H and O–H groups in total. The summed E-state index contributed by atoms with van der Waals surface area (Å²) in [4.78, 5) is 1.17. The van der Waals surface area contributed by atoms with Crippen LogP contribution in [0.25, 0.3) is 11.1 Å². The molecule has 0 bridgehead atoms. The third kappa shape index (κ3) is 2.48. The molecule has 23 heavy (non-hydrogen) atoms. The van der Waals surface area contributed by atoms with Gasteiger partial charge in [-0.25, -0.2) is 0 Å². The fourth-order valence-electron chi connectivity index (χ4n) is 3.28. The van der Waals surface area contributed by atoms with Gasteiger partial charge in [-0.3, -0.25) is 5.14 Å². The summed E-state index contributed by atoms with van der Waals surface area (Å²) in [6.45, 7) is 0. The zero-order valence-corrected chi connectivity index (χ0v) is 14.8. The summed E-state index contributed by atoms with van der Waals surface area (Å²) in [6, 6.07) is 12.2. The molecule has 2 nitrogen and oxygen atoms in total. The third-order valence-electron chi connectivity index (χ3n) is 4.22. The number of hydrogen-bond donors (Lipinski definition) is 2. The third-order valence-corrected chi connectivity index (χ3v) is 6.66. The molecule has 2 aliphatic rings. The quantitative estimate of drug-likeness (QED) is 0.673. The Kier molecular flexibility index (Phi) is 3.50. The van der Waals surface area contributed by atoms with E-state index in [2.05, 4.69) is 41.3 Å². The summed E-state index contributed by atoms with van der Waals surface area (Å²) in [7, 11) is -1.65. The minimum Gasteiger partial charge on any atom is -0.332 e. The molecule has 0 amide bonds. The number of hydrogen-bond acceptors (Lipinski definition) is 2. The number of fused-ring (bicyclic) bond motifs is 3. The lowest BCUT2D eigenvalue weighted by Gasteiger charge is -2.42. The molecule has 0 radical (unpaired) electrons. The van der Waals surface area contributed by atoms with Crippen LogP contribution in [0.4, 0.5) is 5.69 Å². The molecule has 4 rings (SSSR count). The van der Waals surface area contributed by atoms with Crippen molar-refractivity contribution in [3.8, 4) is 11.1 Å². The molecule has 2 aromatic rings. The van der Waals surface area contributed by atoms with Gasteiger partial charge < -0.3 is 4.72 Å². The molecule has 2 aromatic carbocycles. The number of halogens is 2. The molecule has 2 atom stereocenters. The van der Waals surface area contributed by atoms with Gasteiger partial charge in [0.15, 0.2) is 0 Å². The van der Waals surface area contributed by atoms with E-state index in [1.807, 2.05) is 24.3 Å². The summed E-state index contributed by atoms with van der Waals surface area (Å²) in [5.41, 5.74) is 4.49. The standard InChI is InChI=1S/C18H16Cl2N2S/c1-23(21)18-14(11-5-6-12(19)9-11)3-2-4-15(18)16-10-13(20)7-8-17(16)22-23/h2-11,22H,21H2,1H3. The first-order valence-corrected chi connectivity index (χ1v) is 10.1. The van der Waals surface area contributed by atoms with E-state index < -0.39 is 10.4 Å². The van der Waals surface area contributed by atoms with Gasteiger partial charge in [-0.15, -0.1) is 0 Å². The Morgan fingerprint density at radius 1 is 1.13 bits per heavy atom. The lowest BCUT2D eigenvalue weighted by Crippen LogP contribution is -2.24. The van der Waals surface area contributed by atoms with Crippen LogP contribution in [0.15, 0.2) is 64.6 Å². The van der Waals surface area contributed by atoms with Crippen LogP contribution in [0.1, 0.15) is 11.5 Å². The smallest absolute Gasteiger partial charge is 0.0519 e. The van der Waals surface area contributed by atoms with Gasteiger partial charge in [0.2, 0.25) is 0 Å². The van der Waals surface area contributed by atoms with Crippen molar-refractivity contribution in [2.75, 3.05) is 11.0 Å². The Morgan fingerprint density at radius 2 is 1.96 bits per heavy atom. The number of allylic oxidation sites excluding steroid dienone is 4. The molecule has 0 aromatic heterocycles. The van der Waals surface area contributed by atoms with Gasteiger partial charge in [-0.2, -0.15) is 0 Å². The first-order chi connectivity index (χ1) is 11.0. The lowest BCUT2D eigenvalue weighted by atomic mass is 9.95. The highest BCUT2D eigenvalue weighted by molar-refractivity contribution is 8.32. The number of nitrogens with two attached hydrogens (primary N) is 1. The molecule has 118 valence electrons. The molecule has 0 saturated carbocycles. The van der Waals surface area contributed by atoms with Crippen LogP contribution in [0, 0.1) is 0 Å². The maximum atomic E-state index is 6.71. The van der Waals surface area contributed by atoms with E-state index in [1.54, 1.807) is 0 Å². The molecule has 2 unspecified atom stereocenters. The van der Waals surface area contributed by atoms with E-state index in [1.165, 1.54) is 10.5 Å². The summed E-state index contributed by atoms with van der Waals surface area (Å²) in [5, 5.41) is 8.20. The summed E-state index contributed by atoms with van der Waals surface area (Å²) in [5.74, 6) is 0.162. The summed E-state index contributed by atoms with van der Waals surface area (Å²) >= 11 is 12.3. The normalized spacial score (nSPS) is 27.5. The Morgan fingerprint density at radius 3 is 2.70 bits per heavy atom. The van der Waals surface area contributed by atoms with Crippen LogP contribution in [0.3, 0.4) is 0 Å². The number of benzene rings is 2. The van der Waals surface area contributed by atoms with Crippen molar-refractivity contribution in [3.05, 3.63) is 70.2 Å². The van der Waals surface area contributed by atoms with Gasteiger partial charge in [0.25, 0.3) is 0 Å². The van der Waals surface area contributed by atoms with E-state index in [-0.39, 0.29) is 5.92 Å². The van der Waals surface area contributed by atoms with Crippen molar-refractivity contribution in [1.82, 2.24) is 0 Å². The highest BCUT2D eigenvalue weighted by Crippen LogP contribution is 2.58. The second kappa shape index (κ2) is 5.32. The molecule has 0 saturated heterocycles. The molecular weight excluding hydrogens is 347 g/mol. The Labute approximate surface area is 147 Å². The van der Waals surface area contributed by atoms with E-state index in [4.69, 9.17) is 28.3 Å². The topological polar surface area (TPSA) is 38.0 Å². The minimum atomic E-state index is -1.65. The maximum absolute atomic E-state index is 6.71. The molecule has 5 heteroatoms. The molecule has 0 spiro atoms. The van der Waals surface area contributed by atoms with Crippen LogP contribution in [-0.2, 0) is 0 Å².